The van der Waals surface area contributed by atoms with Gasteiger partial charge in [-0.25, -0.2) is 9.59 Å². The lowest BCUT2D eigenvalue weighted by Crippen LogP contribution is -2.08. The summed E-state index contributed by atoms with van der Waals surface area (Å²) in [7, 11) is 0. The van der Waals surface area contributed by atoms with Crippen LogP contribution >= 0.6 is 0 Å². The normalized spacial score (nSPS) is 10.7. The zero-order valence-corrected chi connectivity index (χ0v) is 24.3. The number of hydrogen-bond acceptors (Lipinski definition) is 6. The number of hydrogen-bond donors (Lipinski definition) is 0. The molecule has 3 aromatic rings. The predicted molar refractivity (Wildman–Crippen MR) is 163 cm³/mol. The molecule has 0 aliphatic carbocycles. The third kappa shape index (κ3) is 12.0. The van der Waals surface area contributed by atoms with Gasteiger partial charge in [0.05, 0.1) is 24.5 Å². The van der Waals surface area contributed by atoms with Gasteiger partial charge in [0, 0.05) is 17.8 Å². The van der Waals surface area contributed by atoms with Crippen molar-refractivity contribution in [1.82, 2.24) is 4.98 Å². The van der Waals surface area contributed by atoms with Crippen LogP contribution in [0.15, 0.2) is 79.5 Å². The molecular formula is C35H43NO5. The molecule has 0 unspecified atom stereocenters. The number of carbonyl (C=O) groups excluding carboxylic acids is 2. The number of rotatable bonds is 19. The van der Waals surface area contributed by atoms with Gasteiger partial charge in [0.25, 0.3) is 0 Å². The van der Waals surface area contributed by atoms with Crippen LogP contribution in [0.25, 0.3) is 11.3 Å². The molecule has 218 valence electrons. The van der Waals surface area contributed by atoms with Crippen LogP contribution in [0.3, 0.4) is 0 Å². The van der Waals surface area contributed by atoms with E-state index in [1.165, 1.54) is 37.3 Å². The molecule has 1 aromatic heterocycles. The number of benzene rings is 2. The third-order valence-electron chi connectivity index (χ3n) is 6.81. The molecule has 0 N–H and O–H groups in total. The number of unbranched alkanes of at least 4 members (excludes halogenated alkanes) is 8. The number of aryl methyl sites for hydroxylation is 1. The van der Waals surface area contributed by atoms with E-state index in [1.807, 2.05) is 18.3 Å². The molecular weight excluding hydrogens is 514 g/mol. The second-order valence-electron chi connectivity index (χ2n) is 10.1. The maximum atomic E-state index is 12.6. The van der Waals surface area contributed by atoms with Crippen LogP contribution in [0, 0.1) is 0 Å². The summed E-state index contributed by atoms with van der Waals surface area (Å²) in [5.41, 5.74) is 3.62. The molecule has 0 aliphatic heterocycles. The average Bonchev–Trinajstić information content (AvgIpc) is 3.01. The minimum Gasteiger partial charge on any atom is -0.494 e. The van der Waals surface area contributed by atoms with E-state index in [-0.39, 0.29) is 5.97 Å². The van der Waals surface area contributed by atoms with Crippen molar-refractivity contribution in [3.05, 3.63) is 90.6 Å². The van der Waals surface area contributed by atoms with Gasteiger partial charge in [-0.05, 0) is 85.8 Å². The van der Waals surface area contributed by atoms with Gasteiger partial charge >= 0.3 is 11.9 Å². The first kappa shape index (κ1) is 31.6. The van der Waals surface area contributed by atoms with Crippen molar-refractivity contribution in [2.45, 2.75) is 77.6 Å². The van der Waals surface area contributed by atoms with E-state index in [9.17, 15) is 9.59 Å². The lowest BCUT2D eigenvalue weighted by atomic mass is 10.1. The summed E-state index contributed by atoms with van der Waals surface area (Å²) in [5, 5.41) is 0. The monoisotopic (exact) mass is 557 g/mol. The number of ether oxygens (including phenoxy) is 3. The van der Waals surface area contributed by atoms with E-state index in [4.69, 9.17) is 14.2 Å². The fraction of sp³-hybridized carbons (Fsp3) is 0.400. The highest BCUT2D eigenvalue weighted by atomic mass is 16.5. The molecule has 6 heteroatoms. The van der Waals surface area contributed by atoms with Gasteiger partial charge in [0.2, 0.25) is 0 Å². The lowest BCUT2D eigenvalue weighted by molar-refractivity contribution is -0.137. The molecule has 41 heavy (non-hydrogen) atoms. The maximum absolute atomic E-state index is 12.6. The van der Waals surface area contributed by atoms with Crippen molar-refractivity contribution >= 4 is 11.9 Å². The highest BCUT2D eigenvalue weighted by Crippen LogP contribution is 2.23. The predicted octanol–water partition coefficient (Wildman–Crippen LogP) is 8.54. The fourth-order valence-corrected chi connectivity index (χ4v) is 4.38. The molecule has 0 saturated carbocycles. The molecule has 0 fully saturated rings. The lowest BCUT2D eigenvalue weighted by Gasteiger charge is -2.08. The number of carbonyl (C=O) groups is 2. The van der Waals surface area contributed by atoms with E-state index in [0.29, 0.717) is 24.5 Å². The Bertz CT molecular complexity index is 1190. The van der Waals surface area contributed by atoms with Gasteiger partial charge < -0.3 is 14.2 Å². The van der Waals surface area contributed by atoms with Crippen LogP contribution in [-0.2, 0) is 16.0 Å². The minimum absolute atomic E-state index is 0.361. The van der Waals surface area contributed by atoms with Crippen LogP contribution in [0.4, 0.5) is 0 Å². The second kappa shape index (κ2) is 18.4. The van der Waals surface area contributed by atoms with Crippen molar-refractivity contribution in [3.63, 3.8) is 0 Å². The summed E-state index contributed by atoms with van der Waals surface area (Å²) in [6.07, 6.45) is 15.4. The van der Waals surface area contributed by atoms with E-state index in [0.717, 1.165) is 62.0 Å². The topological polar surface area (TPSA) is 74.7 Å². The molecule has 0 atom stereocenters. The fourth-order valence-electron chi connectivity index (χ4n) is 4.38. The van der Waals surface area contributed by atoms with Crippen LogP contribution in [-0.4, -0.2) is 30.1 Å². The van der Waals surface area contributed by atoms with Crippen molar-refractivity contribution in [1.29, 1.82) is 0 Å². The molecule has 3 rings (SSSR count). The van der Waals surface area contributed by atoms with Crippen molar-refractivity contribution in [3.8, 4) is 22.8 Å². The van der Waals surface area contributed by atoms with Crippen LogP contribution in [0.2, 0.25) is 0 Å². The molecule has 0 bridgehead atoms. The highest BCUT2D eigenvalue weighted by Gasteiger charge is 2.10. The van der Waals surface area contributed by atoms with E-state index in [2.05, 4.69) is 30.6 Å². The van der Waals surface area contributed by atoms with E-state index >= 15 is 0 Å². The number of esters is 2. The molecule has 0 radical (unpaired) electrons. The zero-order chi connectivity index (χ0) is 29.1. The molecule has 1 heterocycles. The number of pyridine rings is 1. The Kier molecular flexibility index (Phi) is 14.2. The Hall–Kier alpha value is -3.93. The first-order valence-corrected chi connectivity index (χ1v) is 14.9. The zero-order valence-electron chi connectivity index (χ0n) is 24.3. The first-order chi connectivity index (χ1) is 20.1. The molecule has 0 saturated heterocycles. The van der Waals surface area contributed by atoms with Gasteiger partial charge in [-0.3, -0.25) is 4.98 Å². The Balaban J connectivity index is 1.33. The molecule has 0 amide bonds. The van der Waals surface area contributed by atoms with Crippen molar-refractivity contribution < 1.29 is 23.8 Å². The van der Waals surface area contributed by atoms with Crippen LogP contribution in [0.1, 0.15) is 87.1 Å². The van der Waals surface area contributed by atoms with Crippen LogP contribution < -0.4 is 9.47 Å². The molecule has 0 aliphatic rings. The summed E-state index contributed by atoms with van der Waals surface area (Å²) in [5.74, 6) is 0.452. The van der Waals surface area contributed by atoms with Gasteiger partial charge in [0.15, 0.2) is 0 Å². The van der Waals surface area contributed by atoms with Crippen LogP contribution in [0.5, 0.6) is 11.5 Å². The van der Waals surface area contributed by atoms with Crippen molar-refractivity contribution in [2.75, 3.05) is 13.2 Å². The quantitative estimate of drug-likeness (QED) is 0.0636. The highest BCUT2D eigenvalue weighted by molar-refractivity contribution is 5.91. The summed E-state index contributed by atoms with van der Waals surface area (Å²) in [6, 6.07) is 18.7. The Labute approximate surface area is 244 Å². The summed E-state index contributed by atoms with van der Waals surface area (Å²) in [6.45, 7) is 6.68. The van der Waals surface area contributed by atoms with Gasteiger partial charge in [-0.1, -0.05) is 64.5 Å². The molecule has 6 nitrogen and oxygen atoms in total. The number of aromatic nitrogens is 1. The van der Waals surface area contributed by atoms with Gasteiger partial charge in [-0.15, -0.1) is 0 Å². The average molecular weight is 558 g/mol. The number of nitrogens with zero attached hydrogens (tertiary/aromatic N) is 1. The second-order valence-corrected chi connectivity index (χ2v) is 10.1. The Morgan fingerprint density at radius 2 is 1.41 bits per heavy atom. The summed E-state index contributed by atoms with van der Waals surface area (Å²) >= 11 is 0. The summed E-state index contributed by atoms with van der Waals surface area (Å²) < 4.78 is 16.3. The maximum Gasteiger partial charge on any atom is 0.343 e. The van der Waals surface area contributed by atoms with Crippen molar-refractivity contribution in [2.24, 2.45) is 0 Å². The van der Waals surface area contributed by atoms with Gasteiger partial charge in [-0.2, -0.15) is 0 Å². The van der Waals surface area contributed by atoms with E-state index < -0.39 is 5.97 Å². The largest absolute Gasteiger partial charge is 0.494 e. The Morgan fingerprint density at radius 1 is 0.756 bits per heavy atom. The smallest absolute Gasteiger partial charge is 0.343 e. The Morgan fingerprint density at radius 3 is 2.07 bits per heavy atom. The standard InChI is InChI=1S/C35H43NO5/c1-3-5-6-11-14-28-15-24-33(36-27-28)29-16-22-32(23-17-29)41-35(38)30-18-20-31(21-19-30)39-25-12-9-7-8-10-13-26-40-34(37)4-2/h4,15-24,27H,2-3,5-14,25-26H2,1H3. The molecule has 2 aromatic carbocycles. The van der Waals surface area contributed by atoms with Gasteiger partial charge in [0.1, 0.15) is 11.5 Å². The third-order valence-corrected chi connectivity index (χ3v) is 6.81. The first-order valence-electron chi connectivity index (χ1n) is 14.9. The summed E-state index contributed by atoms with van der Waals surface area (Å²) in [4.78, 5) is 28.2. The van der Waals surface area contributed by atoms with E-state index in [1.54, 1.807) is 36.4 Å². The SMILES string of the molecule is C=CC(=O)OCCCCCCCCOc1ccc(C(=O)Oc2ccc(-c3ccc(CCCCCC)cn3)cc2)cc1. The molecule has 0 spiro atoms. The minimum atomic E-state index is -0.408.